The standard InChI is InChI=1S/C24H31N/c1-24(2,3)20-12-8-17(9-13-20)14-21-15-19-11-10-18-6-4-5-7-22(18)23(19)16-25-21/h4-9,12-13,19,21,23,25H,10-11,14-16H2,1-3H3. The Balaban J connectivity index is 1.42. The van der Waals surface area contributed by atoms with Crippen molar-refractivity contribution in [3.05, 3.63) is 70.8 Å². The molecule has 0 spiro atoms. The van der Waals surface area contributed by atoms with Gasteiger partial charge < -0.3 is 5.32 Å². The van der Waals surface area contributed by atoms with Crippen molar-refractivity contribution in [2.45, 2.75) is 63.8 Å². The van der Waals surface area contributed by atoms with Gasteiger partial charge in [-0.3, -0.25) is 0 Å². The molecule has 1 nitrogen and oxygen atoms in total. The van der Waals surface area contributed by atoms with Crippen LogP contribution in [0.3, 0.4) is 0 Å². The number of benzene rings is 2. The second-order valence-corrected chi connectivity index (χ2v) is 9.10. The number of piperidine rings is 1. The molecule has 2 aliphatic rings. The zero-order valence-corrected chi connectivity index (χ0v) is 15.9. The summed E-state index contributed by atoms with van der Waals surface area (Å²) in [5.41, 5.74) is 6.34. The second-order valence-electron chi connectivity index (χ2n) is 9.10. The molecule has 1 saturated heterocycles. The maximum Gasteiger partial charge on any atom is 0.0111 e. The van der Waals surface area contributed by atoms with E-state index in [1.807, 2.05) is 0 Å². The fourth-order valence-corrected chi connectivity index (χ4v) is 4.80. The number of rotatable bonds is 2. The van der Waals surface area contributed by atoms with Gasteiger partial charge >= 0.3 is 0 Å². The molecule has 1 aliphatic heterocycles. The van der Waals surface area contributed by atoms with Crippen LogP contribution in [0.4, 0.5) is 0 Å². The van der Waals surface area contributed by atoms with Crippen LogP contribution >= 0.6 is 0 Å². The smallest absolute Gasteiger partial charge is 0.0111 e. The van der Waals surface area contributed by atoms with Crippen molar-refractivity contribution in [3.8, 4) is 0 Å². The summed E-state index contributed by atoms with van der Waals surface area (Å²) in [5, 5.41) is 3.85. The number of hydrogen-bond acceptors (Lipinski definition) is 1. The molecule has 25 heavy (non-hydrogen) atoms. The monoisotopic (exact) mass is 333 g/mol. The van der Waals surface area contributed by atoms with Gasteiger partial charge in [0.2, 0.25) is 0 Å². The van der Waals surface area contributed by atoms with Crippen molar-refractivity contribution in [3.63, 3.8) is 0 Å². The number of hydrogen-bond donors (Lipinski definition) is 1. The molecule has 0 amide bonds. The SMILES string of the molecule is CC(C)(C)c1ccc(CC2CC3CCc4ccccc4C3CN2)cc1. The van der Waals surface area contributed by atoms with E-state index >= 15 is 0 Å². The summed E-state index contributed by atoms with van der Waals surface area (Å²) in [4.78, 5) is 0. The summed E-state index contributed by atoms with van der Waals surface area (Å²) in [5.74, 6) is 1.58. The van der Waals surface area contributed by atoms with E-state index in [2.05, 4.69) is 74.6 Å². The Morgan fingerprint density at radius 1 is 1.00 bits per heavy atom. The van der Waals surface area contributed by atoms with Gasteiger partial charge in [-0.15, -0.1) is 0 Å². The summed E-state index contributed by atoms with van der Waals surface area (Å²) in [6.07, 6.45) is 5.11. The minimum Gasteiger partial charge on any atom is -0.313 e. The van der Waals surface area contributed by atoms with Crippen molar-refractivity contribution in [2.24, 2.45) is 5.92 Å². The van der Waals surface area contributed by atoms with Crippen molar-refractivity contribution in [2.75, 3.05) is 6.54 Å². The van der Waals surface area contributed by atoms with E-state index in [0.29, 0.717) is 6.04 Å². The van der Waals surface area contributed by atoms with Crippen LogP contribution in [0.1, 0.15) is 61.8 Å². The topological polar surface area (TPSA) is 12.0 Å². The lowest BCUT2D eigenvalue weighted by Gasteiger charge is -2.41. The fourth-order valence-electron chi connectivity index (χ4n) is 4.80. The minimum atomic E-state index is 0.240. The quantitative estimate of drug-likeness (QED) is 0.793. The first-order valence-electron chi connectivity index (χ1n) is 9.91. The molecule has 1 aliphatic carbocycles. The van der Waals surface area contributed by atoms with Crippen molar-refractivity contribution < 1.29 is 0 Å². The third kappa shape index (κ3) is 3.53. The Morgan fingerprint density at radius 2 is 1.76 bits per heavy atom. The molecule has 0 bridgehead atoms. The van der Waals surface area contributed by atoms with E-state index in [-0.39, 0.29) is 5.41 Å². The molecule has 2 aromatic rings. The first-order chi connectivity index (χ1) is 12.0. The van der Waals surface area contributed by atoms with Crippen LogP contribution in [0.2, 0.25) is 0 Å². The van der Waals surface area contributed by atoms with E-state index in [1.165, 1.54) is 30.4 Å². The van der Waals surface area contributed by atoms with E-state index < -0.39 is 0 Å². The average Bonchev–Trinajstić information content (AvgIpc) is 2.61. The van der Waals surface area contributed by atoms with E-state index in [4.69, 9.17) is 0 Å². The highest BCUT2D eigenvalue weighted by atomic mass is 14.9. The Morgan fingerprint density at radius 3 is 2.52 bits per heavy atom. The Kier molecular flexibility index (Phi) is 4.45. The van der Waals surface area contributed by atoms with Crippen LogP contribution in [0.5, 0.6) is 0 Å². The lowest BCUT2D eigenvalue weighted by atomic mass is 9.70. The molecule has 1 N–H and O–H groups in total. The van der Waals surface area contributed by atoms with E-state index in [9.17, 15) is 0 Å². The van der Waals surface area contributed by atoms with Gasteiger partial charge in [-0.2, -0.15) is 0 Å². The van der Waals surface area contributed by atoms with Crippen molar-refractivity contribution in [1.82, 2.24) is 5.32 Å². The highest BCUT2D eigenvalue weighted by Gasteiger charge is 2.34. The van der Waals surface area contributed by atoms with Gasteiger partial charge in [-0.1, -0.05) is 69.3 Å². The molecule has 2 aromatic carbocycles. The van der Waals surface area contributed by atoms with Gasteiger partial charge in [-0.25, -0.2) is 0 Å². The fraction of sp³-hybridized carbons (Fsp3) is 0.500. The molecular weight excluding hydrogens is 302 g/mol. The van der Waals surface area contributed by atoms with Gasteiger partial charge in [0.05, 0.1) is 0 Å². The summed E-state index contributed by atoms with van der Waals surface area (Å²) < 4.78 is 0. The van der Waals surface area contributed by atoms with Crippen LogP contribution in [0.15, 0.2) is 48.5 Å². The van der Waals surface area contributed by atoms with E-state index in [1.54, 1.807) is 11.1 Å². The van der Waals surface area contributed by atoms with Crippen LogP contribution in [-0.2, 0) is 18.3 Å². The molecule has 0 radical (unpaired) electrons. The highest BCUT2D eigenvalue weighted by molar-refractivity contribution is 5.34. The molecule has 1 fully saturated rings. The molecule has 0 aromatic heterocycles. The largest absolute Gasteiger partial charge is 0.313 e. The van der Waals surface area contributed by atoms with Crippen molar-refractivity contribution >= 4 is 0 Å². The molecule has 1 heterocycles. The van der Waals surface area contributed by atoms with Gasteiger partial charge in [0, 0.05) is 12.6 Å². The first kappa shape index (κ1) is 16.8. The number of fused-ring (bicyclic) bond motifs is 3. The van der Waals surface area contributed by atoms with Gasteiger partial charge in [-0.05, 0) is 65.2 Å². The number of nitrogens with one attached hydrogen (secondary N) is 1. The maximum absolute atomic E-state index is 3.85. The molecule has 3 atom stereocenters. The lowest BCUT2D eigenvalue weighted by molar-refractivity contribution is 0.239. The third-order valence-electron chi connectivity index (χ3n) is 6.32. The molecule has 132 valence electrons. The normalized spacial score (nSPS) is 26.0. The Labute approximate surface area is 152 Å². The highest BCUT2D eigenvalue weighted by Crippen LogP contribution is 2.40. The maximum atomic E-state index is 3.85. The van der Waals surface area contributed by atoms with Gasteiger partial charge in [0.1, 0.15) is 0 Å². The predicted octanol–water partition coefficient (Wildman–Crippen LogP) is 5.23. The molecular formula is C24H31N. The van der Waals surface area contributed by atoms with E-state index in [0.717, 1.165) is 24.8 Å². The van der Waals surface area contributed by atoms with Crippen molar-refractivity contribution in [1.29, 1.82) is 0 Å². The molecule has 0 saturated carbocycles. The van der Waals surface area contributed by atoms with Gasteiger partial charge in [0.25, 0.3) is 0 Å². The first-order valence-corrected chi connectivity index (χ1v) is 9.91. The third-order valence-corrected chi connectivity index (χ3v) is 6.32. The second kappa shape index (κ2) is 6.61. The average molecular weight is 334 g/mol. The minimum absolute atomic E-state index is 0.240. The summed E-state index contributed by atoms with van der Waals surface area (Å²) in [6.45, 7) is 8.00. The van der Waals surface area contributed by atoms with Crippen LogP contribution in [0.25, 0.3) is 0 Å². The molecule has 3 unspecified atom stereocenters. The zero-order chi connectivity index (χ0) is 17.4. The molecule has 4 rings (SSSR count). The predicted molar refractivity (Wildman–Crippen MR) is 106 cm³/mol. The number of aryl methyl sites for hydroxylation is 1. The summed E-state index contributed by atoms with van der Waals surface area (Å²) in [7, 11) is 0. The summed E-state index contributed by atoms with van der Waals surface area (Å²) >= 11 is 0. The molecule has 1 heteroatoms. The summed E-state index contributed by atoms with van der Waals surface area (Å²) in [6, 6.07) is 19.0. The van der Waals surface area contributed by atoms with Gasteiger partial charge in [0.15, 0.2) is 0 Å². The lowest BCUT2D eigenvalue weighted by Crippen LogP contribution is -2.45. The Hall–Kier alpha value is -1.60. The van der Waals surface area contributed by atoms with Crippen LogP contribution < -0.4 is 5.32 Å². The zero-order valence-electron chi connectivity index (χ0n) is 15.9. The van der Waals surface area contributed by atoms with Crippen LogP contribution in [0, 0.1) is 5.92 Å². The van der Waals surface area contributed by atoms with Crippen LogP contribution in [-0.4, -0.2) is 12.6 Å². The Bertz CT molecular complexity index is 723.